The van der Waals surface area contributed by atoms with Gasteiger partial charge >= 0.3 is 0 Å². The summed E-state index contributed by atoms with van der Waals surface area (Å²) in [4.78, 5) is 4.83. The van der Waals surface area contributed by atoms with Crippen molar-refractivity contribution in [3.05, 3.63) is 65.5 Å². The summed E-state index contributed by atoms with van der Waals surface area (Å²) in [6.45, 7) is 5.74. The first-order chi connectivity index (χ1) is 12.8. The van der Waals surface area contributed by atoms with Crippen LogP contribution in [0.25, 0.3) is 11.5 Å². The molecule has 6 heteroatoms. The Morgan fingerprint density at radius 3 is 2.35 bits per heavy atom. The maximum absolute atomic E-state index is 8.87. The molecule has 26 heavy (non-hydrogen) atoms. The molecule has 1 aliphatic rings. The third-order valence-corrected chi connectivity index (χ3v) is 4.66. The number of benzene rings is 1. The smallest absolute Gasteiger partial charge is 0.202 e. The number of aromatic nitrogens is 1. The molecule has 0 amide bonds. The van der Waals surface area contributed by atoms with Crippen LogP contribution in [0.2, 0.25) is 0 Å². The Labute approximate surface area is 152 Å². The topological polar surface area (TPSA) is 69.4 Å². The Morgan fingerprint density at radius 1 is 0.962 bits per heavy atom. The lowest BCUT2D eigenvalue weighted by atomic mass is 10.1. The monoisotopic (exact) mass is 348 g/mol. The van der Waals surface area contributed by atoms with Crippen molar-refractivity contribution in [2.75, 3.05) is 26.2 Å². The highest BCUT2D eigenvalue weighted by Crippen LogP contribution is 2.21. The second-order valence-electron chi connectivity index (χ2n) is 6.52. The maximum Gasteiger partial charge on any atom is 0.202 e. The summed E-state index contributed by atoms with van der Waals surface area (Å²) in [6.07, 6.45) is 1.63. The summed E-state index contributed by atoms with van der Waals surface area (Å²) in [7, 11) is 0. The minimum atomic E-state index is 0.671. The van der Waals surface area contributed by atoms with Crippen LogP contribution in [0, 0.1) is 11.3 Å². The lowest BCUT2D eigenvalue weighted by Gasteiger charge is -2.34. The van der Waals surface area contributed by atoms with Crippen LogP contribution in [0.1, 0.15) is 16.8 Å². The molecule has 4 rings (SSSR count). The third-order valence-electron chi connectivity index (χ3n) is 4.66. The Balaban J connectivity index is 1.27. The molecule has 6 nitrogen and oxygen atoms in total. The second-order valence-corrected chi connectivity index (χ2v) is 6.52. The summed E-state index contributed by atoms with van der Waals surface area (Å²) >= 11 is 0. The van der Waals surface area contributed by atoms with E-state index >= 15 is 0 Å². The quantitative estimate of drug-likeness (QED) is 0.706. The molecule has 0 aliphatic carbocycles. The van der Waals surface area contributed by atoms with Crippen molar-refractivity contribution in [1.82, 2.24) is 15.0 Å². The summed E-state index contributed by atoms with van der Waals surface area (Å²) < 4.78 is 10.7. The molecule has 0 atom stereocenters. The molecule has 0 spiro atoms. The number of hydrogen-bond donors (Lipinski definition) is 0. The minimum Gasteiger partial charge on any atom is -0.461 e. The molecule has 0 saturated carbocycles. The molecule has 2 aromatic heterocycles. The predicted molar refractivity (Wildman–Crippen MR) is 95.9 cm³/mol. The molecule has 3 heterocycles. The molecule has 0 radical (unpaired) electrons. The molecule has 1 aromatic carbocycles. The van der Waals surface area contributed by atoms with Gasteiger partial charge in [-0.1, -0.05) is 17.3 Å². The summed E-state index contributed by atoms with van der Waals surface area (Å²) in [5.74, 6) is 1.38. The number of furan rings is 1. The SMILES string of the molecule is N#Cc1ccc(CN2CCN(Cc3cc(-c4ccco4)on3)CC2)cc1. The van der Waals surface area contributed by atoms with E-state index in [2.05, 4.69) is 21.0 Å². The van der Waals surface area contributed by atoms with Crippen LogP contribution in [0.4, 0.5) is 0 Å². The summed E-state index contributed by atoms with van der Waals surface area (Å²) in [6, 6.07) is 15.6. The van der Waals surface area contributed by atoms with Crippen molar-refractivity contribution in [3.8, 4) is 17.6 Å². The fraction of sp³-hybridized carbons (Fsp3) is 0.300. The normalized spacial score (nSPS) is 15.8. The highest BCUT2D eigenvalue weighted by atomic mass is 16.5. The molecule has 132 valence electrons. The van der Waals surface area contributed by atoms with Gasteiger partial charge in [0.15, 0.2) is 5.76 Å². The van der Waals surface area contributed by atoms with Gasteiger partial charge in [-0.2, -0.15) is 5.26 Å². The largest absolute Gasteiger partial charge is 0.461 e. The summed E-state index contributed by atoms with van der Waals surface area (Å²) in [5, 5.41) is 13.0. The number of nitriles is 1. The molecule has 0 bridgehead atoms. The van der Waals surface area contributed by atoms with Crippen LogP contribution in [-0.2, 0) is 13.1 Å². The zero-order chi connectivity index (χ0) is 17.8. The molecule has 1 fully saturated rings. The number of piperazine rings is 1. The van der Waals surface area contributed by atoms with Crippen molar-refractivity contribution < 1.29 is 8.94 Å². The van der Waals surface area contributed by atoms with Crippen molar-refractivity contribution >= 4 is 0 Å². The van der Waals surface area contributed by atoms with Gasteiger partial charge in [-0.3, -0.25) is 9.80 Å². The Hall–Kier alpha value is -2.88. The van der Waals surface area contributed by atoms with Gasteiger partial charge in [-0.25, -0.2) is 0 Å². The van der Waals surface area contributed by atoms with E-state index in [1.165, 1.54) is 5.56 Å². The van der Waals surface area contributed by atoms with Crippen LogP contribution < -0.4 is 0 Å². The van der Waals surface area contributed by atoms with Gasteiger partial charge in [0, 0.05) is 45.3 Å². The first kappa shape index (κ1) is 16.6. The highest BCUT2D eigenvalue weighted by molar-refractivity contribution is 5.49. The zero-order valence-electron chi connectivity index (χ0n) is 14.5. The lowest BCUT2D eigenvalue weighted by molar-refractivity contribution is 0.120. The Morgan fingerprint density at radius 2 is 1.69 bits per heavy atom. The van der Waals surface area contributed by atoms with Gasteiger partial charge < -0.3 is 8.94 Å². The van der Waals surface area contributed by atoms with Crippen molar-refractivity contribution in [2.45, 2.75) is 13.1 Å². The van der Waals surface area contributed by atoms with Crippen molar-refractivity contribution in [2.24, 2.45) is 0 Å². The van der Waals surface area contributed by atoms with Gasteiger partial charge in [-0.05, 0) is 29.8 Å². The molecular formula is C20H20N4O2. The fourth-order valence-corrected chi connectivity index (χ4v) is 3.20. The predicted octanol–water partition coefficient (Wildman–Crippen LogP) is 3.12. The molecular weight excluding hydrogens is 328 g/mol. The van der Waals surface area contributed by atoms with Crippen molar-refractivity contribution in [1.29, 1.82) is 5.26 Å². The lowest BCUT2D eigenvalue weighted by Crippen LogP contribution is -2.45. The number of rotatable bonds is 5. The average Bonchev–Trinajstić information content (AvgIpc) is 3.36. The van der Waals surface area contributed by atoms with E-state index in [0.717, 1.165) is 45.0 Å². The zero-order valence-corrected chi connectivity index (χ0v) is 14.5. The molecule has 1 saturated heterocycles. The van der Waals surface area contributed by atoms with E-state index in [1.807, 2.05) is 42.5 Å². The van der Waals surface area contributed by atoms with Gasteiger partial charge in [-0.15, -0.1) is 0 Å². The van der Waals surface area contributed by atoms with E-state index in [9.17, 15) is 0 Å². The Kier molecular flexibility index (Phi) is 4.82. The maximum atomic E-state index is 8.87. The van der Waals surface area contributed by atoms with Crippen LogP contribution in [-0.4, -0.2) is 41.1 Å². The van der Waals surface area contributed by atoms with Gasteiger partial charge in [0.2, 0.25) is 5.76 Å². The summed E-state index contributed by atoms with van der Waals surface area (Å²) in [5.41, 5.74) is 2.88. The van der Waals surface area contributed by atoms with Crippen molar-refractivity contribution in [3.63, 3.8) is 0 Å². The number of hydrogen-bond acceptors (Lipinski definition) is 6. The third kappa shape index (κ3) is 3.85. The average molecular weight is 348 g/mol. The molecule has 3 aromatic rings. The van der Waals surface area contributed by atoms with E-state index in [1.54, 1.807) is 6.26 Å². The van der Waals surface area contributed by atoms with Gasteiger partial charge in [0.25, 0.3) is 0 Å². The first-order valence-corrected chi connectivity index (χ1v) is 8.73. The van der Waals surface area contributed by atoms with Crippen LogP contribution in [0.15, 0.2) is 57.7 Å². The van der Waals surface area contributed by atoms with Gasteiger partial charge in [0.1, 0.15) is 0 Å². The second kappa shape index (κ2) is 7.56. The Bertz CT molecular complexity index is 869. The molecule has 0 N–H and O–H groups in total. The van der Waals surface area contributed by atoms with Crippen LogP contribution >= 0.6 is 0 Å². The highest BCUT2D eigenvalue weighted by Gasteiger charge is 2.19. The first-order valence-electron chi connectivity index (χ1n) is 8.73. The van der Waals surface area contributed by atoms with E-state index in [0.29, 0.717) is 17.1 Å². The standard InChI is InChI=1S/C20H20N4O2/c21-13-16-3-5-17(6-4-16)14-23-7-9-24(10-8-23)15-18-12-20(26-22-18)19-2-1-11-25-19/h1-6,11-12H,7-10,14-15H2. The van der Waals surface area contributed by atoms with Crippen LogP contribution in [0.3, 0.4) is 0 Å². The minimum absolute atomic E-state index is 0.671. The molecule has 0 unspecified atom stereocenters. The van der Waals surface area contributed by atoms with Crippen LogP contribution in [0.5, 0.6) is 0 Å². The number of nitrogens with zero attached hydrogens (tertiary/aromatic N) is 4. The van der Waals surface area contributed by atoms with Gasteiger partial charge in [0.05, 0.1) is 23.6 Å². The van der Waals surface area contributed by atoms with E-state index in [4.69, 9.17) is 14.2 Å². The van der Waals surface area contributed by atoms with E-state index < -0.39 is 0 Å². The van der Waals surface area contributed by atoms with E-state index in [-0.39, 0.29) is 0 Å². The fourth-order valence-electron chi connectivity index (χ4n) is 3.20. The molecule has 1 aliphatic heterocycles.